The molecular formula is C25H27ClN2O4S. The maximum Gasteiger partial charge on any atom is 0.310 e. The van der Waals surface area contributed by atoms with Crippen molar-refractivity contribution in [2.24, 2.45) is 0 Å². The topological polar surface area (TPSA) is 96.4 Å². The van der Waals surface area contributed by atoms with Crippen molar-refractivity contribution in [1.29, 1.82) is 0 Å². The summed E-state index contributed by atoms with van der Waals surface area (Å²) in [5.74, 6) is -1.51. The third-order valence-corrected chi connectivity index (χ3v) is 7.20. The monoisotopic (exact) mass is 486 g/mol. The molecule has 2 aromatic carbocycles. The Morgan fingerprint density at radius 3 is 2.45 bits per heavy atom. The van der Waals surface area contributed by atoms with Crippen molar-refractivity contribution in [3.8, 4) is 0 Å². The number of carbonyl (C=O) groups is 1. The fourth-order valence-corrected chi connectivity index (χ4v) is 4.91. The Morgan fingerprint density at radius 2 is 1.76 bits per heavy atom. The molecule has 0 bridgehead atoms. The fraction of sp³-hybridized carbons (Fsp3) is 0.280. The van der Waals surface area contributed by atoms with Gasteiger partial charge in [-0.2, -0.15) is 0 Å². The van der Waals surface area contributed by atoms with E-state index in [1.54, 1.807) is 6.20 Å². The molecule has 1 aromatic heterocycles. The van der Waals surface area contributed by atoms with Gasteiger partial charge in [-0.05, 0) is 72.7 Å². The van der Waals surface area contributed by atoms with Crippen LogP contribution in [0.4, 0.5) is 0 Å². The molecule has 0 aliphatic heterocycles. The van der Waals surface area contributed by atoms with Crippen molar-refractivity contribution in [2.45, 2.75) is 42.9 Å². The second-order valence-corrected chi connectivity index (χ2v) is 10.0. The molecule has 1 heterocycles. The van der Waals surface area contributed by atoms with Crippen molar-refractivity contribution < 1.29 is 18.3 Å². The minimum absolute atomic E-state index is 0.136. The molecule has 6 nitrogen and oxygen atoms in total. The van der Waals surface area contributed by atoms with Gasteiger partial charge in [-0.25, -0.2) is 13.1 Å². The largest absolute Gasteiger partial charge is 0.481 e. The molecule has 3 rings (SSSR count). The fourth-order valence-electron chi connectivity index (χ4n) is 3.75. The van der Waals surface area contributed by atoms with Crippen molar-refractivity contribution in [1.82, 2.24) is 9.71 Å². The number of carboxylic acids is 1. The molecule has 1 atom stereocenters. The standard InChI is InChI=1S/C25H27ClN2O4S/c26-21-11-13-22(14-12-21)33(31,32)28-17-15-20-8-2-4-9-23(20)24(25(29)30)10-3-1-6-19-7-5-16-27-18-19/h2,4-5,7-9,11-14,16,18,24,28H,1,3,6,10,15,17H2,(H,29,30). The van der Waals surface area contributed by atoms with Gasteiger partial charge < -0.3 is 5.11 Å². The quantitative estimate of drug-likeness (QED) is 0.357. The number of hydrogen-bond acceptors (Lipinski definition) is 4. The van der Waals surface area contributed by atoms with E-state index in [2.05, 4.69) is 9.71 Å². The highest BCUT2D eigenvalue weighted by molar-refractivity contribution is 7.89. The Bertz CT molecular complexity index is 1150. The zero-order valence-corrected chi connectivity index (χ0v) is 19.7. The van der Waals surface area contributed by atoms with Gasteiger partial charge in [0, 0.05) is 24.0 Å². The van der Waals surface area contributed by atoms with Gasteiger partial charge in [0.25, 0.3) is 0 Å². The molecular weight excluding hydrogens is 460 g/mol. The van der Waals surface area contributed by atoms with Crippen LogP contribution in [0.1, 0.15) is 41.9 Å². The summed E-state index contributed by atoms with van der Waals surface area (Å²) < 4.78 is 27.6. The lowest BCUT2D eigenvalue weighted by Gasteiger charge is -2.17. The number of unbranched alkanes of at least 4 members (excludes halogenated alkanes) is 1. The first kappa shape index (κ1) is 24.9. The maximum atomic E-state index is 12.5. The Balaban J connectivity index is 1.60. The van der Waals surface area contributed by atoms with E-state index in [0.717, 1.165) is 36.0 Å². The lowest BCUT2D eigenvalue weighted by atomic mass is 9.88. The summed E-state index contributed by atoms with van der Waals surface area (Å²) in [6.45, 7) is 0.162. The number of aromatic nitrogens is 1. The summed E-state index contributed by atoms with van der Waals surface area (Å²) in [5.41, 5.74) is 2.70. The van der Waals surface area contributed by atoms with Gasteiger partial charge in [0.05, 0.1) is 10.8 Å². The minimum atomic E-state index is -3.67. The summed E-state index contributed by atoms with van der Waals surface area (Å²) in [6.07, 6.45) is 6.97. The van der Waals surface area contributed by atoms with Crippen LogP contribution in [-0.2, 0) is 27.7 Å². The van der Waals surface area contributed by atoms with E-state index in [1.807, 2.05) is 42.6 Å². The number of rotatable bonds is 12. The van der Waals surface area contributed by atoms with E-state index in [0.29, 0.717) is 17.9 Å². The lowest BCUT2D eigenvalue weighted by Crippen LogP contribution is -2.26. The number of sulfonamides is 1. The average Bonchev–Trinajstić information content (AvgIpc) is 2.80. The van der Waals surface area contributed by atoms with Crippen molar-refractivity contribution in [3.63, 3.8) is 0 Å². The predicted octanol–water partition coefficient (Wildman–Crippen LogP) is 4.84. The molecule has 0 saturated heterocycles. The number of aryl methyl sites for hydroxylation is 1. The van der Waals surface area contributed by atoms with Gasteiger partial charge in [-0.3, -0.25) is 9.78 Å². The van der Waals surface area contributed by atoms with Crippen LogP contribution in [0.25, 0.3) is 0 Å². The highest BCUT2D eigenvalue weighted by Gasteiger charge is 2.22. The molecule has 0 aliphatic rings. The number of benzene rings is 2. The van der Waals surface area contributed by atoms with Crippen LogP contribution < -0.4 is 4.72 Å². The van der Waals surface area contributed by atoms with Gasteiger partial charge in [0.2, 0.25) is 10.0 Å². The van der Waals surface area contributed by atoms with Crippen molar-refractivity contribution >= 4 is 27.6 Å². The van der Waals surface area contributed by atoms with Crippen LogP contribution >= 0.6 is 11.6 Å². The highest BCUT2D eigenvalue weighted by Crippen LogP contribution is 2.27. The normalized spacial score (nSPS) is 12.4. The van der Waals surface area contributed by atoms with Gasteiger partial charge in [0.15, 0.2) is 0 Å². The Labute approximate surface area is 199 Å². The molecule has 0 amide bonds. The van der Waals surface area contributed by atoms with Gasteiger partial charge in [-0.15, -0.1) is 0 Å². The van der Waals surface area contributed by atoms with E-state index in [9.17, 15) is 18.3 Å². The SMILES string of the molecule is O=C(O)C(CCCCc1cccnc1)c1ccccc1CCNS(=O)(=O)c1ccc(Cl)cc1. The van der Waals surface area contributed by atoms with Crippen molar-refractivity contribution in [3.05, 3.63) is 94.8 Å². The highest BCUT2D eigenvalue weighted by atomic mass is 35.5. The van der Waals surface area contributed by atoms with E-state index in [-0.39, 0.29) is 11.4 Å². The van der Waals surface area contributed by atoms with E-state index in [4.69, 9.17) is 11.6 Å². The van der Waals surface area contributed by atoms with E-state index < -0.39 is 21.9 Å². The van der Waals surface area contributed by atoms with Crippen LogP contribution in [0.15, 0.2) is 78.0 Å². The number of halogens is 1. The lowest BCUT2D eigenvalue weighted by molar-refractivity contribution is -0.139. The van der Waals surface area contributed by atoms with Gasteiger partial charge in [-0.1, -0.05) is 48.4 Å². The number of carboxylic acid groups (broad SMARTS) is 1. The Hall–Kier alpha value is -2.74. The third-order valence-electron chi connectivity index (χ3n) is 5.47. The van der Waals surface area contributed by atoms with Crippen LogP contribution in [0.3, 0.4) is 0 Å². The maximum absolute atomic E-state index is 12.5. The molecule has 0 saturated carbocycles. The van der Waals surface area contributed by atoms with Crippen LogP contribution in [-0.4, -0.2) is 31.0 Å². The number of hydrogen-bond donors (Lipinski definition) is 2. The Kier molecular flexibility index (Phi) is 9.00. The first-order valence-corrected chi connectivity index (χ1v) is 12.7. The van der Waals surface area contributed by atoms with Crippen molar-refractivity contribution in [2.75, 3.05) is 6.54 Å². The zero-order chi connectivity index (χ0) is 23.7. The molecule has 0 aliphatic carbocycles. The number of nitrogens with zero attached hydrogens (tertiary/aromatic N) is 1. The molecule has 2 N–H and O–H groups in total. The second kappa shape index (κ2) is 11.9. The van der Waals surface area contributed by atoms with E-state index >= 15 is 0 Å². The van der Waals surface area contributed by atoms with Crippen LogP contribution in [0.2, 0.25) is 5.02 Å². The van der Waals surface area contributed by atoms with Gasteiger partial charge >= 0.3 is 5.97 Å². The molecule has 174 valence electrons. The number of pyridine rings is 1. The number of nitrogens with one attached hydrogen (secondary N) is 1. The summed E-state index contributed by atoms with van der Waals surface area (Å²) in [4.78, 5) is 16.3. The summed E-state index contributed by atoms with van der Waals surface area (Å²) in [6, 6.07) is 17.2. The van der Waals surface area contributed by atoms with Gasteiger partial charge in [0.1, 0.15) is 0 Å². The smallest absolute Gasteiger partial charge is 0.310 e. The first-order chi connectivity index (χ1) is 15.9. The summed E-state index contributed by atoms with van der Waals surface area (Å²) in [5, 5.41) is 10.3. The third kappa shape index (κ3) is 7.39. The molecule has 1 unspecified atom stereocenters. The molecule has 8 heteroatoms. The molecule has 3 aromatic rings. The predicted molar refractivity (Wildman–Crippen MR) is 129 cm³/mol. The molecule has 0 fully saturated rings. The van der Waals surface area contributed by atoms with E-state index in [1.165, 1.54) is 24.3 Å². The summed E-state index contributed by atoms with van der Waals surface area (Å²) >= 11 is 5.83. The Morgan fingerprint density at radius 1 is 1.00 bits per heavy atom. The summed E-state index contributed by atoms with van der Waals surface area (Å²) in [7, 11) is -3.67. The molecule has 33 heavy (non-hydrogen) atoms. The second-order valence-electron chi connectivity index (χ2n) is 7.80. The average molecular weight is 487 g/mol. The first-order valence-electron chi connectivity index (χ1n) is 10.8. The minimum Gasteiger partial charge on any atom is -0.481 e. The number of aliphatic carboxylic acids is 1. The van der Waals surface area contributed by atoms with Crippen LogP contribution in [0.5, 0.6) is 0 Å². The zero-order valence-electron chi connectivity index (χ0n) is 18.2. The van der Waals surface area contributed by atoms with Crippen LogP contribution in [0, 0.1) is 0 Å². The molecule has 0 radical (unpaired) electrons. The molecule has 0 spiro atoms.